The molecule has 140 valence electrons. The molecule has 0 unspecified atom stereocenters. The van der Waals surface area contributed by atoms with Crippen molar-refractivity contribution in [1.29, 1.82) is 0 Å². The van der Waals surface area contributed by atoms with E-state index in [-0.39, 0.29) is 24.9 Å². The van der Waals surface area contributed by atoms with Crippen LogP contribution in [0.3, 0.4) is 0 Å². The predicted molar refractivity (Wildman–Crippen MR) is 85.4 cm³/mol. The highest BCUT2D eigenvalue weighted by Crippen LogP contribution is 2.30. The van der Waals surface area contributed by atoms with E-state index in [1.165, 1.54) is 11.2 Å². The summed E-state index contributed by atoms with van der Waals surface area (Å²) in [6.07, 6.45) is 1.20. The van der Waals surface area contributed by atoms with Gasteiger partial charge in [-0.1, -0.05) is 6.92 Å². The Morgan fingerprint density at radius 3 is 2.81 bits per heavy atom. The van der Waals surface area contributed by atoms with E-state index in [1.54, 1.807) is 6.92 Å². The summed E-state index contributed by atoms with van der Waals surface area (Å²) in [6.45, 7) is 2.18. The molecule has 1 N–H and O–H groups in total. The van der Waals surface area contributed by atoms with Crippen LogP contribution in [0.5, 0.6) is 0 Å². The Morgan fingerprint density at radius 1 is 1.38 bits per heavy atom. The van der Waals surface area contributed by atoms with Gasteiger partial charge in [-0.15, -0.1) is 0 Å². The molecule has 2 heterocycles. The number of oxazole rings is 1. The van der Waals surface area contributed by atoms with Gasteiger partial charge in [0.25, 0.3) is 12.3 Å². The summed E-state index contributed by atoms with van der Waals surface area (Å²) in [6, 6.07) is -0.0404. The number of nitrogens with zero attached hydrogens (tertiary/aromatic N) is 4. The van der Waals surface area contributed by atoms with Gasteiger partial charge in [-0.25, -0.2) is 28.1 Å². The first-order valence-corrected chi connectivity index (χ1v) is 8.28. The standard InChI is InChI=1S/C16H18F3N5O2/c1-2-10-11(17)15(22-7-21-10)20-5-6-24(9-3-4-9)16(25)13-12(14(18)19)23-8-26-13/h7-9,14H,2-6H2,1H3,(H,20,21,22). The fourth-order valence-electron chi connectivity index (χ4n) is 2.61. The molecule has 1 fully saturated rings. The Morgan fingerprint density at radius 2 is 2.15 bits per heavy atom. The van der Waals surface area contributed by atoms with Gasteiger partial charge in [0.2, 0.25) is 5.76 Å². The minimum absolute atomic E-state index is 0.0404. The summed E-state index contributed by atoms with van der Waals surface area (Å²) in [5.41, 5.74) is -0.371. The van der Waals surface area contributed by atoms with Crippen LogP contribution in [-0.2, 0) is 6.42 Å². The molecular weight excluding hydrogens is 351 g/mol. The Kier molecular flexibility index (Phi) is 5.38. The van der Waals surface area contributed by atoms with Crippen LogP contribution in [-0.4, -0.2) is 44.9 Å². The molecule has 1 amide bonds. The average Bonchev–Trinajstić information content (AvgIpc) is 3.33. The molecule has 0 saturated heterocycles. The second kappa shape index (κ2) is 7.71. The van der Waals surface area contributed by atoms with Crippen LogP contribution in [0.15, 0.2) is 17.1 Å². The fraction of sp³-hybridized carbons (Fsp3) is 0.500. The quantitative estimate of drug-likeness (QED) is 0.770. The molecular formula is C16H18F3N5O2. The normalized spacial score (nSPS) is 13.9. The Hall–Kier alpha value is -2.65. The SMILES string of the molecule is CCc1ncnc(NCCN(C(=O)c2ocnc2C(F)F)C2CC2)c1F. The third kappa shape index (κ3) is 3.78. The molecule has 1 aliphatic carbocycles. The maximum Gasteiger partial charge on any atom is 0.292 e. The van der Waals surface area contributed by atoms with Crippen molar-refractivity contribution >= 4 is 11.7 Å². The topological polar surface area (TPSA) is 84.2 Å². The fourth-order valence-corrected chi connectivity index (χ4v) is 2.61. The molecule has 0 radical (unpaired) electrons. The maximum atomic E-state index is 14.1. The number of aromatic nitrogens is 3. The van der Waals surface area contributed by atoms with Crippen LogP contribution >= 0.6 is 0 Å². The van der Waals surface area contributed by atoms with Crippen molar-refractivity contribution in [3.63, 3.8) is 0 Å². The van der Waals surface area contributed by atoms with Crippen molar-refractivity contribution in [2.24, 2.45) is 0 Å². The number of hydrogen-bond donors (Lipinski definition) is 1. The highest BCUT2D eigenvalue weighted by Gasteiger charge is 2.36. The number of aryl methyl sites for hydroxylation is 1. The number of nitrogens with one attached hydrogen (secondary N) is 1. The van der Waals surface area contributed by atoms with Crippen molar-refractivity contribution in [1.82, 2.24) is 19.9 Å². The highest BCUT2D eigenvalue weighted by molar-refractivity contribution is 5.93. The third-order valence-corrected chi connectivity index (χ3v) is 4.09. The lowest BCUT2D eigenvalue weighted by Gasteiger charge is -2.22. The number of carbonyl (C=O) groups excluding carboxylic acids is 1. The van der Waals surface area contributed by atoms with Crippen LogP contribution in [0.1, 0.15) is 48.1 Å². The average molecular weight is 369 g/mol. The van der Waals surface area contributed by atoms with Gasteiger partial charge in [0.15, 0.2) is 23.7 Å². The van der Waals surface area contributed by atoms with E-state index < -0.39 is 29.6 Å². The lowest BCUT2D eigenvalue weighted by molar-refractivity contribution is 0.0701. The van der Waals surface area contributed by atoms with E-state index in [1.807, 2.05) is 0 Å². The number of halogens is 3. The molecule has 2 aromatic rings. The largest absolute Gasteiger partial charge is 0.438 e. The van der Waals surface area contributed by atoms with Gasteiger partial charge >= 0.3 is 0 Å². The summed E-state index contributed by atoms with van der Waals surface area (Å²) < 4.78 is 44.9. The van der Waals surface area contributed by atoms with Crippen molar-refractivity contribution < 1.29 is 22.4 Å². The van der Waals surface area contributed by atoms with Gasteiger partial charge in [0.1, 0.15) is 6.33 Å². The summed E-state index contributed by atoms with van der Waals surface area (Å²) in [7, 11) is 0. The number of hydrogen-bond acceptors (Lipinski definition) is 6. The van der Waals surface area contributed by atoms with Crippen LogP contribution in [0, 0.1) is 5.82 Å². The maximum absolute atomic E-state index is 14.1. The second-order valence-electron chi connectivity index (χ2n) is 5.86. The zero-order chi connectivity index (χ0) is 18.7. The van der Waals surface area contributed by atoms with Crippen molar-refractivity contribution in [2.45, 2.75) is 38.7 Å². The summed E-state index contributed by atoms with van der Waals surface area (Å²) in [4.78, 5) is 25.1. The minimum atomic E-state index is -2.89. The van der Waals surface area contributed by atoms with Gasteiger partial charge in [-0.05, 0) is 19.3 Å². The van der Waals surface area contributed by atoms with Crippen molar-refractivity contribution in [3.05, 3.63) is 35.7 Å². The third-order valence-electron chi connectivity index (χ3n) is 4.09. The Balaban J connectivity index is 1.66. The smallest absolute Gasteiger partial charge is 0.292 e. The Labute approximate surface area is 147 Å². The lowest BCUT2D eigenvalue weighted by Crippen LogP contribution is -2.37. The van der Waals surface area contributed by atoms with E-state index >= 15 is 0 Å². The predicted octanol–water partition coefficient (Wildman–Crippen LogP) is 2.82. The van der Waals surface area contributed by atoms with Gasteiger partial charge in [-0.3, -0.25) is 4.79 Å². The molecule has 2 aromatic heterocycles. The van der Waals surface area contributed by atoms with Crippen molar-refractivity contribution in [2.75, 3.05) is 18.4 Å². The second-order valence-corrected chi connectivity index (χ2v) is 5.86. The first-order chi connectivity index (χ1) is 12.5. The zero-order valence-electron chi connectivity index (χ0n) is 14.1. The molecule has 26 heavy (non-hydrogen) atoms. The molecule has 10 heteroatoms. The zero-order valence-corrected chi connectivity index (χ0v) is 14.1. The summed E-state index contributed by atoms with van der Waals surface area (Å²) in [5, 5.41) is 2.82. The number of anilines is 1. The lowest BCUT2D eigenvalue weighted by atomic mass is 10.3. The van der Waals surface area contributed by atoms with Crippen molar-refractivity contribution in [3.8, 4) is 0 Å². The Bertz CT molecular complexity index is 779. The number of amides is 1. The summed E-state index contributed by atoms with van der Waals surface area (Å²) in [5.74, 6) is -1.57. The molecule has 0 aliphatic heterocycles. The molecule has 3 rings (SSSR count). The molecule has 0 spiro atoms. The number of carbonyl (C=O) groups is 1. The van der Waals surface area contributed by atoms with Gasteiger partial charge in [0.05, 0.1) is 5.69 Å². The first kappa shape index (κ1) is 18.2. The molecule has 0 aromatic carbocycles. The van der Waals surface area contributed by atoms with Gasteiger partial charge in [-0.2, -0.15) is 0 Å². The van der Waals surface area contributed by atoms with E-state index in [2.05, 4.69) is 20.3 Å². The van der Waals surface area contributed by atoms with E-state index in [0.29, 0.717) is 12.1 Å². The van der Waals surface area contributed by atoms with Gasteiger partial charge in [0, 0.05) is 19.1 Å². The van der Waals surface area contributed by atoms with E-state index in [0.717, 1.165) is 19.2 Å². The van der Waals surface area contributed by atoms with E-state index in [9.17, 15) is 18.0 Å². The molecule has 7 nitrogen and oxygen atoms in total. The van der Waals surface area contributed by atoms with E-state index in [4.69, 9.17) is 4.42 Å². The number of alkyl halides is 2. The minimum Gasteiger partial charge on any atom is -0.438 e. The molecule has 1 aliphatic rings. The first-order valence-electron chi connectivity index (χ1n) is 8.28. The highest BCUT2D eigenvalue weighted by atomic mass is 19.3. The van der Waals surface area contributed by atoms with Crippen LogP contribution in [0.25, 0.3) is 0 Å². The number of rotatable bonds is 8. The van der Waals surface area contributed by atoms with Crippen LogP contribution < -0.4 is 5.32 Å². The molecule has 0 bridgehead atoms. The van der Waals surface area contributed by atoms with Crippen LogP contribution in [0.2, 0.25) is 0 Å². The monoisotopic (exact) mass is 369 g/mol. The summed E-state index contributed by atoms with van der Waals surface area (Å²) >= 11 is 0. The molecule has 0 atom stereocenters. The molecule has 1 saturated carbocycles. The van der Waals surface area contributed by atoms with Gasteiger partial charge < -0.3 is 14.6 Å². The van der Waals surface area contributed by atoms with Crippen LogP contribution in [0.4, 0.5) is 19.0 Å².